The van der Waals surface area contributed by atoms with E-state index in [0.717, 1.165) is 5.56 Å². The summed E-state index contributed by atoms with van der Waals surface area (Å²) in [7, 11) is 0. The van der Waals surface area contributed by atoms with Gasteiger partial charge in [0.25, 0.3) is 0 Å². The first kappa shape index (κ1) is 19.5. The SMILES string of the molecule is Cc1ccccc1C(=O)c1ccc(Nc2ccccc2NCC(=O)O)cc1Cl. The summed E-state index contributed by atoms with van der Waals surface area (Å²) in [6.45, 7) is 1.70. The van der Waals surface area contributed by atoms with Crippen LogP contribution in [0, 0.1) is 6.92 Å². The standard InChI is InChI=1S/C22H19ClN2O3/c1-14-6-2-3-7-16(14)22(28)17-11-10-15(12-18(17)23)25-20-9-5-4-8-19(20)24-13-21(26)27/h2-12,24-25H,13H2,1H3,(H,26,27). The van der Waals surface area contributed by atoms with Crippen molar-refractivity contribution in [2.75, 3.05) is 17.2 Å². The molecule has 0 unspecified atom stereocenters. The average Bonchev–Trinajstić information content (AvgIpc) is 2.67. The van der Waals surface area contributed by atoms with Gasteiger partial charge in [0.1, 0.15) is 6.54 Å². The summed E-state index contributed by atoms with van der Waals surface area (Å²) in [6, 6.07) is 19.8. The Morgan fingerprint density at radius 3 is 2.29 bits per heavy atom. The molecule has 142 valence electrons. The molecule has 0 saturated heterocycles. The van der Waals surface area contributed by atoms with E-state index in [0.29, 0.717) is 33.2 Å². The number of carboxylic acids is 1. The molecule has 0 atom stereocenters. The molecular weight excluding hydrogens is 376 g/mol. The van der Waals surface area contributed by atoms with Crippen LogP contribution in [0.15, 0.2) is 66.7 Å². The predicted octanol–water partition coefficient (Wildman–Crippen LogP) is 5.12. The Bertz CT molecular complexity index is 1030. The molecule has 28 heavy (non-hydrogen) atoms. The van der Waals surface area contributed by atoms with E-state index in [4.69, 9.17) is 16.7 Å². The fourth-order valence-corrected chi connectivity index (χ4v) is 3.09. The Kier molecular flexibility index (Phi) is 5.96. The zero-order valence-electron chi connectivity index (χ0n) is 15.2. The minimum Gasteiger partial charge on any atom is -0.480 e. The highest BCUT2D eigenvalue weighted by Gasteiger charge is 2.15. The zero-order valence-corrected chi connectivity index (χ0v) is 16.0. The van der Waals surface area contributed by atoms with E-state index in [9.17, 15) is 9.59 Å². The van der Waals surface area contributed by atoms with Crippen molar-refractivity contribution >= 4 is 40.4 Å². The summed E-state index contributed by atoms with van der Waals surface area (Å²) in [5.74, 6) is -1.07. The van der Waals surface area contributed by atoms with Gasteiger partial charge < -0.3 is 15.7 Å². The van der Waals surface area contributed by atoms with Crippen LogP contribution in [0.2, 0.25) is 5.02 Å². The molecule has 0 aliphatic heterocycles. The Hall–Kier alpha value is -3.31. The number of carbonyl (C=O) groups is 2. The van der Waals surface area contributed by atoms with Gasteiger partial charge in [-0.3, -0.25) is 9.59 Å². The summed E-state index contributed by atoms with van der Waals surface area (Å²) >= 11 is 6.38. The summed E-state index contributed by atoms with van der Waals surface area (Å²) in [5.41, 5.74) is 3.99. The third-order valence-corrected chi connectivity index (χ3v) is 4.55. The summed E-state index contributed by atoms with van der Waals surface area (Å²) in [4.78, 5) is 23.6. The van der Waals surface area contributed by atoms with Gasteiger partial charge >= 0.3 is 5.97 Å². The summed E-state index contributed by atoms with van der Waals surface area (Å²) < 4.78 is 0. The van der Waals surface area contributed by atoms with Crippen molar-refractivity contribution in [2.24, 2.45) is 0 Å². The van der Waals surface area contributed by atoms with E-state index in [-0.39, 0.29) is 12.3 Å². The van der Waals surface area contributed by atoms with Crippen molar-refractivity contribution in [1.29, 1.82) is 0 Å². The van der Waals surface area contributed by atoms with Crippen molar-refractivity contribution in [3.63, 3.8) is 0 Å². The fraction of sp³-hybridized carbons (Fsp3) is 0.0909. The lowest BCUT2D eigenvalue weighted by Crippen LogP contribution is -2.13. The minimum atomic E-state index is -0.947. The second kappa shape index (κ2) is 8.59. The quantitative estimate of drug-likeness (QED) is 0.485. The molecule has 0 radical (unpaired) electrons. The van der Waals surface area contributed by atoms with Gasteiger partial charge in [-0.2, -0.15) is 0 Å². The number of carbonyl (C=O) groups excluding carboxylic acids is 1. The van der Waals surface area contributed by atoms with Gasteiger partial charge in [-0.25, -0.2) is 0 Å². The third-order valence-electron chi connectivity index (χ3n) is 4.24. The van der Waals surface area contributed by atoms with E-state index >= 15 is 0 Å². The number of halogens is 1. The summed E-state index contributed by atoms with van der Waals surface area (Å²) in [5, 5.41) is 15.3. The molecule has 3 N–H and O–H groups in total. The van der Waals surface area contributed by atoms with Crippen LogP contribution < -0.4 is 10.6 Å². The first-order chi connectivity index (χ1) is 13.5. The van der Waals surface area contributed by atoms with Gasteiger partial charge in [0.15, 0.2) is 5.78 Å². The van der Waals surface area contributed by atoms with Gasteiger partial charge in [-0.05, 0) is 42.8 Å². The Morgan fingerprint density at radius 2 is 1.61 bits per heavy atom. The van der Waals surface area contributed by atoms with Crippen LogP contribution >= 0.6 is 11.6 Å². The highest BCUT2D eigenvalue weighted by molar-refractivity contribution is 6.35. The normalized spacial score (nSPS) is 10.4. The van der Waals surface area contributed by atoms with Crippen LogP contribution in [0.1, 0.15) is 21.5 Å². The van der Waals surface area contributed by atoms with Gasteiger partial charge in [0.05, 0.1) is 16.4 Å². The van der Waals surface area contributed by atoms with Crippen molar-refractivity contribution in [1.82, 2.24) is 0 Å². The van der Waals surface area contributed by atoms with Crippen LogP contribution in [0.5, 0.6) is 0 Å². The van der Waals surface area contributed by atoms with E-state index in [1.54, 1.807) is 30.3 Å². The molecule has 0 amide bonds. The Balaban J connectivity index is 1.83. The van der Waals surface area contributed by atoms with Crippen LogP contribution in [-0.2, 0) is 4.79 Å². The second-order valence-corrected chi connectivity index (χ2v) is 6.66. The number of carboxylic acid groups (broad SMARTS) is 1. The number of para-hydroxylation sites is 2. The molecule has 6 heteroatoms. The highest BCUT2D eigenvalue weighted by atomic mass is 35.5. The first-order valence-electron chi connectivity index (χ1n) is 8.67. The molecule has 0 aromatic heterocycles. The van der Waals surface area contributed by atoms with Crippen LogP contribution in [0.4, 0.5) is 17.1 Å². The van der Waals surface area contributed by atoms with Crippen molar-refractivity contribution in [3.05, 3.63) is 88.4 Å². The molecule has 0 aliphatic carbocycles. The van der Waals surface area contributed by atoms with E-state index in [2.05, 4.69) is 10.6 Å². The maximum Gasteiger partial charge on any atom is 0.322 e. The number of benzene rings is 3. The number of rotatable bonds is 7. The lowest BCUT2D eigenvalue weighted by molar-refractivity contribution is -0.134. The fourth-order valence-electron chi connectivity index (χ4n) is 2.82. The van der Waals surface area contributed by atoms with Crippen LogP contribution in [0.3, 0.4) is 0 Å². The monoisotopic (exact) mass is 394 g/mol. The highest BCUT2D eigenvalue weighted by Crippen LogP contribution is 2.29. The molecule has 0 fully saturated rings. The molecule has 0 saturated carbocycles. The molecule has 0 bridgehead atoms. The maximum absolute atomic E-state index is 12.8. The van der Waals surface area contributed by atoms with E-state index in [1.165, 1.54) is 0 Å². The number of aryl methyl sites for hydroxylation is 1. The number of hydrogen-bond acceptors (Lipinski definition) is 4. The number of anilines is 3. The Morgan fingerprint density at radius 1 is 0.929 bits per heavy atom. The molecule has 0 spiro atoms. The molecule has 5 nitrogen and oxygen atoms in total. The van der Waals surface area contributed by atoms with E-state index in [1.807, 2.05) is 43.3 Å². The molecule has 0 heterocycles. The van der Waals surface area contributed by atoms with Gasteiger partial charge in [0.2, 0.25) is 0 Å². The zero-order chi connectivity index (χ0) is 20.1. The van der Waals surface area contributed by atoms with Gasteiger partial charge in [0, 0.05) is 16.8 Å². The number of ketones is 1. The third kappa shape index (κ3) is 4.50. The van der Waals surface area contributed by atoms with Gasteiger partial charge in [-0.1, -0.05) is 48.0 Å². The van der Waals surface area contributed by atoms with Crippen LogP contribution in [-0.4, -0.2) is 23.4 Å². The second-order valence-electron chi connectivity index (χ2n) is 6.26. The number of nitrogens with one attached hydrogen (secondary N) is 2. The summed E-state index contributed by atoms with van der Waals surface area (Å²) in [6.07, 6.45) is 0. The van der Waals surface area contributed by atoms with Crippen molar-refractivity contribution < 1.29 is 14.7 Å². The molecule has 3 aromatic rings. The number of hydrogen-bond donors (Lipinski definition) is 3. The topological polar surface area (TPSA) is 78.4 Å². The number of aliphatic carboxylic acids is 1. The van der Waals surface area contributed by atoms with Crippen molar-refractivity contribution in [2.45, 2.75) is 6.92 Å². The molecule has 0 aliphatic rings. The first-order valence-corrected chi connectivity index (χ1v) is 9.05. The maximum atomic E-state index is 12.8. The lowest BCUT2D eigenvalue weighted by Gasteiger charge is -2.14. The predicted molar refractivity (Wildman–Crippen MR) is 112 cm³/mol. The largest absolute Gasteiger partial charge is 0.480 e. The smallest absolute Gasteiger partial charge is 0.322 e. The molecule has 3 aromatic carbocycles. The molecule has 3 rings (SSSR count). The van der Waals surface area contributed by atoms with Gasteiger partial charge in [-0.15, -0.1) is 0 Å². The average molecular weight is 395 g/mol. The van der Waals surface area contributed by atoms with Crippen molar-refractivity contribution in [3.8, 4) is 0 Å². The van der Waals surface area contributed by atoms with Crippen LogP contribution in [0.25, 0.3) is 0 Å². The Labute approximate surface area is 168 Å². The van der Waals surface area contributed by atoms with E-state index < -0.39 is 5.97 Å². The molecular formula is C22H19ClN2O3. The lowest BCUT2D eigenvalue weighted by atomic mass is 9.99. The minimum absolute atomic E-state index is 0.127.